The second kappa shape index (κ2) is 11.9. The van der Waals surface area contributed by atoms with Crippen LogP contribution in [0.15, 0.2) is 42.5 Å². The summed E-state index contributed by atoms with van der Waals surface area (Å²) in [6.45, 7) is 13.0. The number of nitrogens with zero attached hydrogens (tertiary/aromatic N) is 1. The summed E-state index contributed by atoms with van der Waals surface area (Å²) < 4.78 is 5.47. The Labute approximate surface area is 225 Å². The Balaban J connectivity index is 2.02. The zero-order valence-corrected chi connectivity index (χ0v) is 23.5. The van der Waals surface area contributed by atoms with Crippen LogP contribution >= 0.6 is 0 Å². The van der Waals surface area contributed by atoms with Gasteiger partial charge >= 0.3 is 6.09 Å². The molecule has 1 saturated carbocycles. The van der Waals surface area contributed by atoms with Crippen LogP contribution in [-0.4, -0.2) is 51.6 Å². The second-order valence-electron chi connectivity index (χ2n) is 11.5. The highest BCUT2D eigenvalue weighted by atomic mass is 16.6. The topological polar surface area (TPSA) is 108 Å². The third-order valence-electron chi connectivity index (χ3n) is 6.36. The zero-order valence-electron chi connectivity index (χ0n) is 23.5. The summed E-state index contributed by atoms with van der Waals surface area (Å²) in [6, 6.07) is 10.3. The van der Waals surface area contributed by atoms with Gasteiger partial charge in [0.25, 0.3) is 0 Å². The Kier molecular flexibility index (Phi) is 9.07. The van der Waals surface area contributed by atoms with Crippen molar-refractivity contribution >= 4 is 17.9 Å². The molecule has 0 spiro atoms. The summed E-state index contributed by atoms with van der Waals surface area (Å²) in [5.41, 5.74) is 2.86. The molecular formula is C30H41N3O5. The number of carbonyl (C=O) groups is 3. The minimum absolute atomic E-state index is 0.108. The van der Waals surface area contributed by atoms with E-state index in [1.807, 2.05) is 45.9 Å². The monoisotopic (exact) mass is 523 g/mol. The number of aryl methyl sites for hydroxylation is 2. The number of hydrogen-bond acceptors (Lipinski definition) is 5. The second-order valence-corrected chi connectivity index (χ2v) is 11.5. The fourth-order valence-electron chi connectivity index (χ4n) is 4.30. The highest BCUT2D eigenvalue weighted by molar-refractivity contribution is 5.93. The van der Waals surface area contributed by atoms with Crippen molar-refractivity contribution in [1.29, 1.82) is 0 Å². The molecule has 3 amide bonds. The van der Waals surface area contributed by atoms with E-state index in [9.17, 15) is 19.5 Å². The van der Waals surface area contributed by atoms with Crippen LogP contribution in [-0.2, 0) is 20.7 Å². The molecule has 8 nitrogen and oxygen atoms in total. The summed E-state index contributed by atoms with van der Waals surface area (Å²) in [5.74, 6) is -0.505. The maximum Gasteiger partial charge on any atom is 0.408 e. The average molecular weight is 524 g/mol. The first-order chi connectivity index (χ1) is 17.7. The molecule has 2 aromatic rings. The predicted octanol–water partition coefficient (Wildman–Crippen LogP) is 4.70. The summed E-state index contributed by atoms with van der Waals surface area (Å²) in [4.78, 5) is 42.3. The van der Waals surface area contributed by atoms with Crippen LogP contribution in [0, 0.1) is 13.8 Å². The molecule has 1 aliphatic rings. The molecule has 0 bridgehead atoms. The molecule has 8 heteroatoms. The number of phenolic OH excluding ortho intramolecular Hbond substituents is 1. The van der Waals surface area contributed by atoms with Gasteiger partial charge in [-0.15, -0.1) is 0 Å². The lowest BCUT2D eigenvalue weighted by atomic mass is 9.97. The molecular weight excluding hydrogens is 482 g/mol. The van der Waals surface area contributed by atoms with E-state index in [2.05, 4.69) is 10.6 Å². The van der Waals surface area contributed by atoms with Gasteiger partial charge in [0.15, 0.2) is 0 Å². The molecule has 0 heterocycles. The minimum atomic E-state index is -0.976. The number of hydrogen-bond donors (Lipinski definition) is 3. The predicted molar refractivity (Wildman–Crippen MR) is 147 cm³/mol. The van der Waals surface area contributed by atoms with E-state index in [0.29, 0.717) is 0 Å². The van der Waals surface area contributed by atoms with Crippen molar-refractivity contribution in [3.8, 4) is 5.75 Å². The van der Waals surface area contributed by atoms with Crippen LogP contribution in [0.1, 0.15) is 75.8 Å². The average Bonchev–Trinajstić information content (AvgIpc) is 3.63. The van der Waals surface area contributed by atoms with Crippen molar-refractivity contribution in [2.45, 2.75) is 97.5 Å². The van der Waals surface area contributed by atoms with Crippen LogP contribution < -0.4 is 10.6 Å². The molecule has 38 heavy (non-hydrogen) atoms. The van der Waals surface area contributed by atoms with Crippen molar-refractivity contribution in [2.24, 2.45) is 0 Å². The van der Waals surface area contributed by atoms with E-state index in [1.165, 1.54) is 12.1 Å². The molecule has 206 valence electrons. The summed E-state index contributed by atoms with van der Waals surface area (Å²) in [7, 11) is 0. The van der Waals surface area contributed by atoms with Gasteiger partial charge < -0.3 is 25.4 Å². The fraction of sp³-hybridized carbons (Fsp3) is 0.500. The highest BCUT2D eigenvalue weighted by Crippen LogP contribution is 2.36. The Bertz CT molecular complexity index is 1150. The van der Waals surface area contributed by atoms with Crippen molar-refractivity contribution in [1.82, 2.24) is 15.5 Å². The van der Waals surface area contributed by atoms with E-state index in [4.69, 9.17) is 4.74 Å². The van der Waals surface area contributed by atoms with Crippen LogP contribution in [0.5, 0.6) is 5.75 Å². The molecule has 2 atom stereocenters. The first-order valence-corrected chi connectivity index (χ1v) is 13.2. The highest BCUT2D eigenvalue weighted by Gasteiger charge is 2.44. The maximum absolute atomic E-state index is 14.3. The van der Waals surface area contributed by atoms with Crippen molar-refractivity contribution < 1.29 is 24.2 Å². The van der Waals surface area contributed by atoms with Crippen molar-refractivity contribution in [3.63, 3.8) is 0 Å². The number of benzene rings is 2. The summed E-state index contributed by atoms with van der Waals surface area (Å²) in [6.07, 6.45) is 1.02. The molecule has 2 aromatic carbocycles. The Morgan fingerprint density at radius 3 is 2.16 bits per heavy atom. The molecule has 3 rings (SSSR count). The van der Waals surface area contributed by atoms with Gasteiger partial charge in [-0.2, -0.15) is 0 Å². The van der Waals surface area contributed by atoms with E-state index in [0.717, 1.165) is 35.1 Å². The molecule has 0 aliphatic heterocycles. The fourth-order valence-corrected chi connectivity index (χ4v) is 4.30. The van der Waals surface area contributed by atoms with Crippen LogP contribution in [0.3, 0.4) is 0 Å². The molecule has 0 aromatic heterocycles. The van der Waals surface area contributed by atoms with Crippen LogP contribution in [0.2, 0.25) is 0 Å². The van der Waals surface area contributed by atoms with Crippen LogP contribution in [0.25, 0.3) is 0 Å². The standard InChI is InChI=1S/C30H41N3O5/c1-18(2)31-27(35)26(22-11-8-19(3)20(4)16-22)33(23-12-13-23)28(36)25(32-29(37)38-30(5,6)7)17-21-9-14-24(34)15-10-21/h8-11,14-16,18,23,25-26,34H,12-13,17H2,1-7H3,(H,31,35)(H,32,37). The number of rotatable bonds is 9. The smallest absolute Gasteiger partial charge is 0.408 e. The number of aromatic hydroxyl groups is 1. The lowest BCUT2D eigenvalue weighted by molar-refractivity contribution is -0.143. The molecule has 1 aliphatic carbocycles. The zero-order chi connectivity index (χ0) is 28.2. The largest absolute Gasteiger partial charge is 0.508 e. The first-order valence-electron chi connectivity index (χ1n) is 13.2. The quantitative estimate of drug-likeness (QED) is 0.442. The number of nitrogens with one attached hydrogen (secondary N) is 2. The first kappa shape index (κ1) is 29.0. The molecule has 2 unspecified atom stereocenters. The minimum Gasteiger partial charge on any atom is -0.508 e. The van der Waals surface area contributed by atoms with E-state index < -0.39 is 23.8 Å². The SMILES string of the molecule is Cc1ccc(C(C(=O)NC(C)C)N(C(=O)C(Cc2ccc(O)cc2)NC(=O)OC(C)(C)C)C2CC2)cc1C. The van der Waals surface area contributed by atoms with E-state index in [-0.39, 0.29) is 36.1 Å². The van der Waals surface area contributed by atoms with Crippen molar-refractivity contribution in [3.05, 3.63) is 64.7 Å². The van der Waals surface area contributed by atoms with Gasteiger partial charge in [0.2, 0.25) is 11.8 Å². The molecule has 1 fully saturated rings. The van der Waals surface area contributed by atoms with Gasteiger partial charge in [0.1, 0.15) is 23.4 Å². The number of amides is 3. The normalized spacial score (nSPS) is 14.9. The number of ether oxygens (including phenoxy) is 1. The Morgan fingerprint density at radius 1 is 1.00 bits per heavy atom. The summed E-state index contributed by atoms with van der Waals surface area (Å²) >= 11 is 0. The third-order valence-corrected chi connectivity index (χ3v) is 6.36. The lowest BCUT2D eigenvalue weighted by Gasteiger charge is -2.35. The van der Waals surface area contributed by atoms with E-state index >= 15 is 0 Å². The van der Waals surface area contributed by atoms with Crippen molar-refractivity contribution in [2.75, 3.05) is 0 Å². The summed E-state index contributed by atoms with van der Waals surface area (Å²) in [5, 5.41) is 15.5. The maximum atomic E-state index is 14.3. The van der Waals surface area contributed by atoms with Crippen LogP contribution in [0.4, 0.5) is 4.79 Å². The number of carbonyl (C=O) groups excluding carboxylic acids is 3. The van der Waals surface area contributed by atoms with Gasteiger partial charge in [-0.3, -0.25) is 9.59 Å². The Hall–Kier alpha value is -3.55. The Morgan fingerprint density at radius 2 is 1.63 bits per heavy atom. The number of phenols is 1. The van der Waals surface area contributed by atoms with Gasteiger partial charge in [-0.05, 0) is 95.7 Å². The van der Waals surface area contributed by atoms with Gasteiger partial charge in [-0.1, -0.05) is 30.3 Å². The lowest BCUT2D eigenvalue weighted by Crippen LogP contribution is -2.55. The third kappa shape index (κ3) is 7.97. The van der Waals surface area contributed by atoms with Gasteiger partial charge in [-0.25, -0.2) is 4.79 Å². The van der Waals surface area contributed by atoms with E-state index in [1.54, 1.807) is 37.8 Å². The molecule has 3 N–H and O–H groups in total. The van der Waals surface area contributed by atoms with Gasteiger partial charge in [0.05, 0.1) is 0 Å². The number of alkyl carbamates (subject to hydrolysis) is 1. The van der Waals surface area contributed by atoms with Gasteiger partial charge in [0, 0.05) is 18.5 Å². The molecule has 0 saturated heterocycles. The molecule has 0 radical (unpaired) electrons.